The van der Waals surface area contributed by atoms with Gasteiger partial charge in [-0.2, -0.15) is 0 Å². The highest BCUT2D eigenvalue weighted by atomic mass is 35.5. The minimum absolute atomic E-state index is 0.0325. The maximum Gasteiger partial charge on any atom is 0.235 e. The minimum Gasteiger partial charge on any atom is -0.452 e. The lowest BCUT2D eigenvalue weighted by Crippen LogP contribution is -2.08. The molecule has 0 unspecified atom stereocenters. The summed E-state index contributed by atoms with van der Waals surface area (Å²) < 4.78 is 12.2. The lowest BCUT2D eigenvalue weighted by Gasteiger charge is -2.13. The molecule has 0 spiro atoms. The summed E-state index contributed by atoms with van der Waals surface area (Å²) in [5.74, 6) is 0.558. The first-order chi connectivity index (χ1) is 14.6. The van der Waals surface area contributed by atoms with Crippen molar-refractivity contribution >= 4 is 33.5 Å². The van der Waals surface area contributed by atoms with E-state index in [4.69, 9.17) is 20.8 Å². The van der Waals surface area contributed by atoms with Gasteiger partial charge in [-0.25, -0.2) is 9.97 Å². The molecule has 3 aromatic carbocycles. The molecule has 0 aliphatic heterocycles. The van der Waals surface area contributed by atoms with Gasteiger partial charge in [-0.15, -0.1) is 0 Å². The van der Waals surface area contributed by atoms with Crippen molar-refractivity contribution < 1.29 is 9.15 Å². The van der Waals surface area contributed by atoms with Gasteiger partial charge in [0.25, 0.3) is 0 Å². The number of hydrogen-bond donors (Lipinski definition) is 0. The van der Waals surface area contributed by atoms with Crippen molar-refractivity contribution in [2.75, 3.05) is 0 Å². The van der Waals surface area contributed by atoms with Crippen LogP contribution in [0.3, 0.4) is 0 Å². The van der Waals surface area contributed by atoms with Gasteiger partial charge >= 0.3 is 0 Å². The van der Waals surface area contributed by atoms with E-state index in [2.05, 4.69) is 9.97 Å². The normalized spacial score (nSPS) is 11.1. The Hall–Kier alpha value is -3.70. The van der Waals surface area contributed by atoms with E-state index >= 15 is 0 Å². The molecule has 0 bridgehead atoms. The van der Waals surface area contributed by atoms with Crippen LogP contribution in [0, 0.1) is 6.92 Å². The van der Waals surface area contributed by atoms with Crippen molar-refractivity contribution in [3.8, 4) is 23.0 Å². The van der Waals surface area contributed by atoms with Crippen LogP contribution in [0.25, 0.3) is 33.2 Å². The zero-order valence-corrected chi connectivity index (χ0v) is 16.7. The van der Waals surface area contributed by atoms with E-state index in [0.29, 0.717) is 32.5 Å². The van der Waals surface area contributed by atoms with Gasteiger partial charge in [0, 0.05) is 5.56 Å². The molecular weight excluding hydrogens is 400 g/mol. The maximum atomic E-state index is 13.5. The molecule has 2 aromatic heterocycles. The van der Waals surface area contributed by atoms with Gasteiger partial charge in [-0.1, -0.05) is 47.5 Å². The summed E-state index contributed by atoms with van der Waals surface area (Å²) in [5.41, 5.74) is 2.38. The number of aromatic nitrogens is 2. The number of nitrogens with zero attached hydrogens (tertiary/aromatic N) is 2. The summed E-state index contributed by atoms with van der Waals surface area (Å²) in [6.45, 7) is 1.92. The van der Waals surface area contributed by atoms with E-state index in [1.165, 1.54) is 6.33 Å². The Morgan fingerprint density at radius 2 is 1.73 bits per heavy atom. The van der Waals surface area contributed by atoms with Crippen molar-refractivity contribution in [1.29, 1.82) is 0 Å². The maximum absolute atomic E-state index is 13.5. The molecule has 5 rings (SSSR count). The number of benzene rings is 3. The quantitative estimate of drug-likeness (QED) is 0.354. The van der Waals surface area contributed by atoms with Gasteiger partial charge in [0.15, 0.2) is 5.76 Å². The summed E-state index contributed by atoms with van der Waals surface area (Å²) in [4.78, 5) is 22.0. The van der Waals surface area contributed by atoms with Crippen LogP contribution in [0.5, 0.6) is 11.6 Å². The summed E-state index contributed by atoms with van der Waals surface area (Å²) in [7, 11) is 0. The Kier molecular flexibility index (Phi) is 4.45. The zero-order valence-electron chi connectivity index (χ0n) is 15.9. The lowest BCUT2D eigenvalue weighted by molar-refractivity contribution is 0.446. The number of halogens is 1. The largest absolute Gasteiger partial charge is 0.452 e. The number of para-hydroxylation sites is 1. The number of fused-ring (bicyclic) bond motifs is 2. The first kappa shape index (κ1) is 18.3. The molecule has 0 atom stereocenters. The van der Waals surface area contributed by atoms with E-state index in [1.54, 1.807) is 24.3 Å². The standard InChI is InChI=1S/C24H15ClN2O3/c1-14-10-11-20-17(12-14)21(28)23(22(29-20)15-6-2-4-8-18(15)25)30-24-16-7-3-5-9-19(16)26-13-27-24/h2-13H,1H3. The van der Waals surface area contributed by atoms with E-state index < -0.39 is 0 Å². The average molecular weight is 415 g/mol. The van der Waals surface area contributed by atoms with Crippen LogP contribution in [0.15, 0.2) is 82.3 Å². The van der Waals surface area contributed by atoms with Crippen LogP contribution < -0.4 is 10.2 Å². The monoisotopic (exact) mass is 414 g/mol. The summed E-state index contributed by atoms with van der Waals surface area (Å²) >= 11 is 6.41. The fraction of sp³-hybridized carbons (Fsp3) is 0.0417. The van der Waals surface area contributed by atoms with E-state index in [-0.39, 0.29) is 22.8 Å². The molecule has 5 aromatic rings. The van der Waals surface area contributed by atoms with Crippen LogP contribution in [-0.2, 0) is 0 Å². The predicted octanol–water partition coefficient (Wildman–Crippen LogP) is 6.16. The Morgan fingerprint density at radius 1 is 0.933 bits per heavy atom. The molecule has 0 saturated heterocycles. The second-order valence-electron chi connectivity index (χ2n) is 6.87. The second-order valence-corrected chi connectivity index (χ2v) is 7.27. The molecule has 0 N–H and O–H groups in total. The Morgan fingerprint density at radius 3 is 2.60 bits per heavy atom. The van der Waals surface area contributed by atoms with Crippen LogP contribution in [-0.4, -0.2) is 9.97 Å². The Labute approximate surface area is 176 Å². The van der Waals surface area contributed by atoms with Crippen molar-refractivity contribution in [1.82, 2.24) is 9.97 Å². The van der Waals surface area contributed by atoms with Gasteiger partial charge in [0.05, 0.1) is 21.3 Å². The first-order valence-electron chi connectivity index (χ1n) is 9.32. The second kappa shape index (κ2) is 7.28. The fourth-order valence-electron chi connectivity index (χ4n) is 3.37. The van der Waals surface area contributed by atoms with Crippen LogP contribution >= 0.6 is 11.6 Å². The molecule has 146 valence electrons. The van der Waals surface area contributed by atoms with Gasteiger partial charge in [-0.3, -0.25) is 4.79 Å². The number of aryl methyl sites for hydroxylation is 1. The molecular formula is C24H15ClN2O3. The molecule has 2 heterocycles. The summed E-state index contributed by atoms with van der Waals surface area (Å²) in [5, 5.41) is 1.57. The first-order valence-corrected chi connectivity index (χ1v) is 9.69. The van der Waals surface area contributed by atoms with Crippen molar-refractivity contribution in [3.05, 3.63) is 93.9 Å². The molecule has 5 nitrogen and oxygen atoms in total. The Bertz CT molecular complexity index is 1470. The third kappa shape index (κ3) is 3.09. The SMILES string of the molecule is Cc1ccc2oc(-c3ccccc3Cl)c(Oc3ncnc4ccccc34)c(=O)c2c1. The molecule has 0 fully saturated rings. The highest BCUT2D eigenvalue weighted by Crippen LogP contribution is 2.37. The van der Waals surface area contributed by atoms with Crippen LogP contribution in [0.2, 0.25) is 5.02 Å². The number of ether oxygens (including phenoxy) is 1. The van der Waals surface area contributed by atoms with Crippen LogP contribution in [0.1, 0.15) is 5.56 Å². The van der Waals surface area contributed by atoms with E-state index in [9.17, 15) is 4.79 Å². The molecule has 30 heavy (non-hydrogen) atoms. The minimum atomic E-state index is -0.294. The van der Waals surface area contributed by atoms with Crippen molar-refractivity contribution in [3.63, 3.8) is 0 Å². The molecule has 0 amide bonds. The third-order valence-corrected chi connectivity index (χ3v) is 5.16. The number of rotatable bonds is 3. The van der Waals surface area contributed by atoms with Crippen molar-refractivity contribution in [2.45, 2.75) is 6.92 Å². The van der Waals surface area contributed by atoms with E-state index in [0.717, 1.165) is 5.56 Å². The predicted molar refractivity (Wildman–Crippen MR) is 117 cm³/mol. The van der Waals surface area contributed by atoms with E-state index in [1.807, 2.05) is 49.4 Å². The van der Waals surface area contributed by atoms with Gasteiger partial charge in [0.1, 0.15) is 11.9 Å². The highest BCUT2D eigenvalue weighted by molar-refractivity contribution is 6.33. The molecule has 0 saturated carbocycles. The lowest BCUT2D eigenvalue weighted by atomic mass is 10.1. The molecule has 0 aliphatic carbocycles. The molecule has 6 heteroatoms. The Balaban J connectivity index is 1.81. The van der Waals surface area contributed by atoms with Gasteiger partial charge in [-0.05, 0) is 43.3 Å². The van der Waals surface area contributed by atoms with Crippen LogP contribution in [0.4, 0.5) is 0 Å². The topological polar surface area (TPSA) is 65.2 Å². The van der Waals surface area contributed by atoms with Crippen molar-refractivity contribution in [2.24, 2.45) is 0 Å². The molecule has 0 aliphatic rings. The third-order valence-electron chi connectivity index (χ3n) is 4.83. The average Bonchev–Trinajstić information content (AvgIpc) is 2.76. The van der Waals surface area contributed by atoms with Gasteiger partial charge < -0.3 is 9.15 Å². The fourth-order valence-corrected chi connectivity index (χ4v) is 3.59. The number of hydrogen-bond acceptors (Lipinski definition) is 5. The summed E-state index contributed by atoms with van der Waals surface area (Å²) in [6.07, 6.45) is 1.40. The summed E-state index contributed by atoms with van der Waals surface area (Å²) in [6, 6.07) is 20.0. The highest BCUT2D eigenvalue weighted by Gasteiger charge is 2.21. The zero-order chi connectivity index (χ0) is 20.7. The van der Waals surface area contributed by atoms with Gasteiger partial charge in [0.2, 0.25) is 17.1 Å². The smallest absolute Gasteiger partial charge is 0.235 e. The molecule has 0 radical (unpaired) electrons.